The van der Waals surface area contributed by atoms with Gasteiger partial charge in [-0.3, -0.25) is 4.79 Å². The number of hydrogen-bond donors (Lipinski definition) is 2. The van der Waals surface area contributed by atoms with Gasteiger partial charge in [-0.25, -0.2) is 0 Å². The predicted molar refractivity (Wildman–Crippen MR) is 63.1 cm³/mol. The van der Waals surface area contributed by atoms with Gasteiger partial charge in [-0.05, 0) is 25.5 Å². The number of aromatic nitrogens is 1. The van der Waals surface area contributed by atoms with Gasteiger partial charge in [0.2, 0.25) is 0 Å². The molecule has 0 aliphatic heterocycles. The maximum Gasteiger partial charge on any atom is 0.255 e. The van der Waals surface area contributed by atoms with Crippen molar-refractivity contribution in [3.8, 4) is 0 Å². The second-order valence-electron chi connectivity index (χ2n) is 4.82. The van der Waals surface area contributed by atoms with Crippen LogP contribution in [0.1, 0.15) is 29.6 Å². The third-order valence-corrected chi connectivity index (χ3v) is 3.61. The number of nitrogens with two attached hydrogens (primary N) is 1. The summed E-state index contributed by atoms with van der Waals surface area (Å²) >= 11 is 0. The van der Waals surface area contributed by atoms with Gasteiger partial charge in [0.05, 0.1) is 5.56 Å². The number of rotatable bonds is 4. The van der Waals surface area contributed by atoms with Crippen LogP contribution in [0.15, 0.2) is 18.5 Å². The minimum atomic E-state index is 0.0703. The lowest BCUT2D eigenvalue weighted by Gasteiger charge is -2.43. The molecule has 0 spiro atoms. The molecule has 3 N–H and O–H groups in total. The van der Waals surface area contributed by atoms with Crippen molar-refractivity contribution in [3.63, 3.8) is 0 Å². The molecular formula is C12H19N3O. The van der Waals surface area contributed by atoms with Crippen LogP contribution < -0.4 is 5.73 Å². The van der Waals surface area contributed by atoms with E-state index in [4.69, 9.17) is 5.73 Å². The minimum absolute atomic E-state index is 0.0703. The normalized spacial score (nSPS) is 17.9. The topological polar surface area (TPSA) is 62.1 Å². The van der Waals surface area contributed by atoms with Gasteiger partial charge in [0, 0.05) is 31.4 Å². The number of nitrogens with one attached hydrogen (secondary N) is 1. The first-order valence-electron chi connectivity index (χ1n) is 5.75. The van der Waals surface area contributed by atoms with Gasteiger partial charge in [0.15, 0.2) is 0 Å². The van der Waals surface area contributed by atoms with E-state index < -0.39 is 0 Å². The molecule has 1 aliphatic carbocycles. The van der Waals surface area contributed by atoms with Crippen LogP contribution in [0.4, 0.5) is 0 Å². The minimum Gasteiger partial charge on any atom is -0.367 e. The fourth-order valence-electron chi connectivity index (χ4n) is 2.36. The Morgan fingerprint density at radius 3 is 2.81 bits per heavy atom. The van der Waals surface area contributed by atoms with Crippen molar-refractivity contribution in [2.45, 2.75) is 19.3 Å². The molecule has 88 valence electrons. The summed E-state index contributed by atoms with van der Waals surface area (Å²) in [5.74, 6) is 0.0703. The lowest BCUT2D eigenvalue weighted by Crippen LogP contribution is -2.47. The monoisotopic (exact) mass is 221 g/mol. The predicted octanol–water partition coefficient (Wildman–Crippen LogP) is 1.22. The van der Waals surface area contributed by atoms with E-state index in [1.54, 1.807) is 23.4 Å². The van der Waals surface area contributed by atoms with Crippen molar-refractivity contribution in [1.82, 2.24) is 9.88 Å². The van der Waals surface area contributed by atoms with Crippen molar-refractivity contribution >= 4 is 5.91 Å². The van der Waals surface area contributed by atoms with E-state index in [1.165, 1.54) is 6.42 Å². The average Bonchev–Trinajstić information content (AvgIpc) is 2.75. The zero-order valence-electron chi connectivity index (χ0n) is 9.70. The highest BCUT2D eigenvalue weighted by atomic mass is 16.2. The first-order chi connectivity index (χ1) is 7.67. The van der Waals surface area contributed by atoms with E-state index in [-0.39, 0.29) is 11.3 Å². The molecule has 0 radical (unpaired) electrons. The van der Waals surface area contributed by atoms with Crippen LogP contribution in [-0.4, -0.2) is 35.9 Å². The maximum atomic E-state index is 12.0. The summed E-state index contributed by atoms with van der Waals surface area (Å²) in [5, 5.41) is 0. The molecule has 1 saturated carbocycles. The van der Waals surface area contributed by atoms with Crippen LogP contribution >= 0.6 is 0 Å². The van der Waals surface area contributed by atoms with Crippen molar-refractivity contribution in [2.75, 3.05) is 20.1 Å². The molecule has 2 rings (SSSR count). The number of carbonyl (C=O) groups is 1. The fraction of sp³-hybridized carbons (Fsp3) is 0.583. The SMILES string of the molecule is CN(CC1(CN)CCC1)C(=O)c1cc[nH]c1. The molecule has 4 nitrogen and oxygen atoms in total. The third-order valence-electron chi connectivity index (χ3n) is 3.61. The summed E-state index contributed by atoms with van der Waals surface area (Å²) in [5.41, 5.74) is 6.69. The molecule has 0 unspecified atom stereocenters. The van der Waals surface area contributed by atoms with Crippen molar-refractivity contribution < 1.29 is 4.79 Å². The van der Waals surface area contributed by atoms with Crippen LogP contribution in [0.2, 0.25) is 0 Å². The Hall–Kier alpha value is -1.29. The summed E-state index contributed by atoms with van der Waals surface area (Å²) in [6.07, 6.45) is 7.03. The second kappa shape index (κ2) is 4.29. The van der Waals surface area contributed by atoms with E-state index in [1.807, 2.05) is 7.05 Å². The summed E-state index contributed by atoms with van der Waals surface area (Å²) in [4.78, 5) is 16.7. The Balaban J connectivity index is 1.97. The van der Waals surface area contributed by atoms with E-state index in [0.717, 1.165) is 19.4 Å². The van der Waals surface area contributed by atoms with Crippen LogP contribution in [0.3, 0.4) is 0 Å². The molecule has 0 aromatic carbocycles. The Morgan fingerprint density at radius 2 is 2.38 bits per heavy atom. The summed E-state index contributed by atoms with van der Waals surface area (Å²) in [7, 11) is 1.85. The Labute approximate surface area is 95.8 Å². The number of carbonyl (C=O) groups excluding carboxylic acids is 1. The Kier molecular flexibility index (Phi) is 3.01. The van der Waals surface area contributed by atoms with Crippen LogP contribution in [0.5, 0.6) is 0 Å². The van der Waals surface area contributed by atoms with E-state index >= 15 is 0 Å². The fourth-order valence-corrected chi connectivity index (χ4v) is 2.36. The lowest BCUT2D eigenvalue weighted by molar-refractivity contribution is 0.0569. The molecule has 0 saturated heterocycles. The van der Waals surface area contributed by atoms with E-state index in [9.17, 15) is 4.79 Å². The molecule has 1 aromatic rings. The largest absolute Gasteiger partial charge is 0.367 e. The van der Waals surface area contributed by atoms with Crippen LogP contribution in [-0.2, 0) is 0 Å². The molecule has 0 bridgehead atoms. The summed E-state index contributed by atoms with van der Waals surface area (Å²) in [6.45, 7) is 1.45. The van der Waals surface area contributed by atoms with Crippen molar-refractivity contribution in [2.24, 2.45) is 11.1 Å². The van der Waals surface area contributed by atoms with Gasteiger partial charge < -0.3 is 15.6 Å². The number of nitrogens with zero attached hydrogens (tertiary/aromatic N) is 1. The lowest BCUT2D eigenvalue weighted by atomic mass is 9.68. The Morgan fingerprint density at radius 1 is 1.62 bits per heavy atom. The molecule has 4 heteroatoms. The number of H-pyrrole nitrogens is 1. The molecule has 1 aromatic heterocycles. The second-order valence-corrected chi connectivity index (χ2v) is 4.82. The molecule has 1 amide bonds. The quantitative estimate of drug-likeness (QED) is 0.803. The van der Waals surface area contributed by atoms with Gasteiger partial charge in [-0.15, -0.1) is 0 Å². The molecule has 1 aliphatic rings. The molecule has 1 fully saturated rings. The number of hydrogen-bond acceptors (Lipinski definition) is 2. The number of amides is 1. The third kappa shape index (κ3) is 1.97. The Bertz CT molecular complexity index is 349. The zero-order valence-corrected chi connectivity index (χ0v) is 9.70. The van der Waals surface area contributed by atoms with Crippen LogP contribution in [0.25, 0.3) is 0 Å². The zero-order chi connectivity index (χ0) is 11.6. The molecular weight excluding hydrogens is 202 g/mol. The smallest absolute Gasteiger partial charge is 0.255 e. The van der Waals surface area contributed by atoms with Crippen LogP contribution in [0, 0.1) is 5.41 Å². The molecule has 16 heavy (non-hydrogen) atoms. The highest BCUT2D eigenvalue weighted by molar-refractivity contribution is 5.93. The highest BCUT2D eigenvalue weighted by Crippen LogP contribution is 2.40. The van der Waals surface area contributed by atoms with Crippen molar-refractivity contribution in [3.05, 3.63) is 24.0 Å². The van der Waals surface area contributed by atoms with Crippen molar-refractivity contribution in [1.29, 1.82) is 0 Å². The van der Waals surface area contributed by atoms with Gasteiger partial charge in [-0.2, -0.15) is 0 Å². The molecule has 0 atom stereocenters. The first-order valence-corrected chi connectivity index (χ1v) is 5.75. The summed E-state index contributed by atoms with van der Waals surface area (Å²) < 4.78 is 0. The van der Waals surface area contributed by atoms with E-state index in [2.05, 4.69) is 4.98 Å². The van der Waals surface area contributed by atoms with Gasteiger partial charge in [0.25, 0.3) is 5.91 Å². The standard InChI is InChI=1S/C12H19N3O/c1-15(9-12(8-13)4-2-5-12)11(16)10-3-6-14-7-10/h3,6-7,14H,2,4-5,8-9,13H2,1H3. The average molecular weight is 221 g/mol. The van der Waals surface area contributed by atoms with Gasteiger partial charge >= 0.3 is 0 Å². The van der Waals surface area contributed by atoms with E-state index in [0.29, 0.717) is 12.1 Å². The first kappa shape index (κ1) is 11.2. The summed E-state index contributed by atoms with van der Waals surface area (Å²) in [6, 6.07) is 1.80. The van der Waals surface area contributed by atoms with Gasteiger partial charge in [-0.1, -0.05) is 6.42 Å². The maximum absolute atomic E-state index is 12.0. The number of aromatic amines is 1. The molecule has 1 heterocycles. The highest BCUT2D eigenvalue weighted by Gasteiger charge is 2.37. The van der Waals surface area contributed by atoms with Gasteiger partial charge in [0.1, 0.15) is 0 Å².